The fourth-order valence-corrected chi connectivity index (χ4v) is 1.58. The summed E-state index contributed by atoms with van der Waals surface area (Å²) in [5, 5.41) is 8.46. The minimum atomic E-state index is -0.190. The number of ether oxygens (including phenoxy) is 1. The molecule has 0 aromatic heterocycles. The van der Waals surface area contributed by atoms with E-state index in [0.717, 1.165) is 19.3 Å². The molecule has 0 saturated heterocycles. The van der Waals surface area contributed by atoms with E-state index in [0.29, 0.717) is 6.42 Å². The fraction of sp³-hybridized carbons (Fsp3) is 0.786. The molecule has 0 unspecified atom stereocenters. The van der Waals surface area contributed by atoms with Gasteiger partial charge in [0.05, 0.1) is 6.61 Å². The molecular formula is C14H26O3. The second-order valence-corrected chi connectivity index (χ2v) is 4.13. The highest BCUT2D eigenvalue weighted by Crippen LogP contribution is 2.08. The van der Waals surface area contributed by atoms with Crippen molar-refractivity contribution in [1.29, 1.82) is 0 Å². The van der Waals surface area contributed by atoms with Crippen molar-refractivity contribution in [2.45, 2.75) is 58.3 Å². The largest absolute Gasteiger partial charge is 0.463 e. The molecule has 1 N–H and O–H groups in total. The zero-order valence-electron chi connectivity index (χ0n) is 11.0. The molecular weight excluding hydrogens is 216 g/mol. The third kappa shape index (κ3) is 13.1. The summed E-state index contributed by atoms with van der Waals surface area (Å²) < 4.78 is 4.77. The van der Waals surface area contributed by atoms with E-state index in [1.807, 2.05) is 0 Å². The second-order valence-electron chi connectivity index (χ2n) is 4.13. The molecule has 0 bridgehead atoms. The van der Waals surface area contributed by atoms with E-state index in [1.54, 1.807) is 0 Å². The van der Waals surface area contributed by atoms with Crippen LogP contribution in [0.5, 0.6) is 0 Å². The summed E-state index contributed by atoms with van der Waals surface area (Å²) in [6.07, 6.45) is 12.9. The summed E-state index contributed by atoms with van der Waals surface area (Å²) in [6.45, 7) is 2.19. The van der Waals surface area contributed by atoms with Crippen LogP contribution in [0, 0.1) is 0 Å². The van der Waals surface area contributed by atoms with Crippen molar-refractivity contribution in [3.05, 3.63) is 12.2 Å². The minimum absolute atomic E-state index is 0.0863. The van der Waals surface area contributed by atoms with Gasteiger partial charge in [-0.3, -0.25) is 4.79 Å². The maximum atomic E-state index is 11.1. The van der Waals surface area contributed by atoms with Crippen molar-refractivity contribution in [3.63, 3.8) is 0 Å². The van der Waals surface area contributed by atoms with Crippen LogP contribution in [0.15, 0.2) is 12.2 Å². The van der Waals surface area contributed by atoms with Gasteiger partial charge in [-0.25, -0.2) is 0 Å². The first-order valence-corrected chi connectivity index (χ1v) is 6.72. The molecule has 0 aromatic rings. The normalized spacial score (nSPS) is 10.9. The number of esters is 1. The van der Waals surface area contributed by atoms with E-state index in [1.165, 1.54) is 25.7 Å². The molecule has 0 aliphatic heterocycles. The SMILES string of the molecule is CC/C=C/CCCCCCCC(=O)OCCO. The predicted molar refractivity (Wildman–Crippen MR) is 69.8 cm³/mol. The summed E-state index contributed by atoms with van der Waals surface area (Å²) >= 11 is 0. The number of allylic oxidation sites excluding steroid dienone is 2. The summed E-state index contributed by atoms with van der Waals surface area (Å²) in [5.41, 5.74) is 0. The standard InChI is InChI=1S/C14H26O3/c1-2-3-4-5-6-7-8-9-10-11-14(16)17-13-12-15/h3-4,15H,2,5-13H2,1H3/b4-3+. The highest BCUT2D eigenvalue weighted by Gasteiger charge is 2.01. The fourth-order valence-electron chi connectivity index (χ4n) is 1.58. The number of aliphatic hydroxyl groups excluding tert-OH is 1. The topological polar surface area (TPSA) is 46.5 Å². The first-order chi connectivity index (χ1) is 8.31. The van der Waals surface area contributed by atoms with Gasteiger partial charge in [0, 0.05) is 6.42 Å². The van der Waals surface area contributed by atoms with Crippen molar-refractivity contribution in [2.75, 3.05) is 13.2 Å². The summed E-state index contributed by atoms with van der Waals surface area (Å²) in [6, 6.07) is 0. The first-order valence-electron chi connectivity index (χ1n) is 6.72. The monoisotopic (exact) mass is 242 g/mol. The third-order valence-corrected chi connectivity index (χ3v) is 2.51. The van der Waals surface area contributed by atoms with Gasteiger partial charge in [-0.1, -0.05) is 38.3 Å². The molecule has 100 valence electrons. The second kappa shape index (κ2) is 13.2. The number of carbonyl (C=O) groups is 1. The Hall–Kier alpha value is -0.830. The number of unbranched alkanes of at least 4 members (excludes halogenated alkanes) is 5. The van der Waals surface area contributed by atoms with E-state index in [9.17, 15) is 4.79 Å². The van der Waals surface area contributed by atoms with Crippen LogP contribution in [-0.2, 0) is 9.53 Å². The van der Waals surface area contributed by atoms with Gasteiger partial charge in [-0.2, -0.15) is 0 Å². The van der Waals surface area contributed by atoms with Crippen molar-refractivity contribution in [3.8, 4) is 0 Å². The summed E-state index contributed by atoms with van der Waals surface area (Å²) in [7, 11) is 0. The number of rotatable bonds is 11. The van der Waals surface area contributed by atoms with Gasteiger partial charge in [0.1, 0.15) is 6.61 Å². The van der Waals surface area contributed by atoms with E-state index < -0.39 is 0 Å². The maximum absolute atomic E-state index is 11.1. The van der Waals surface area contributed by atoms with Crippen LogP contribution < -0.4 is 0 Å². The first kappa shape index (κ1) is 16.2. The zero-order chi connectivity index (χ0) is 12.8. The van der Waals surface area contributed by atoms with Crippen LogP contribution >= 0.6 is 0 Å². The molecule has 0 radical (unpaired) electrons. The maximum Gasteiger partial charge on any atom is 0.305 e. The molecule has 0 fully saturated rings. The van der Waals surface area contributed by atoms with Gasteiger partial charge in [-0.05, 0) is 25.7 Å². The quantitative estimate of drug-likeness (QED) is 0.344. The number of hydrogen-bond acceptors (Lipinski definition) is 3. The Morgan fingerprint density at radius 3 is 2.53 bits per heavy atom. The van der Waals surface area contributed by atoms with Gasteiger partial charge in [0.2, 0.25) is 0 Å². The van der Waals surface area contributed by atoms with Crippen molar-refractivity contribution >= 4 is 5.97 Å². The lowest BCUT2D eigenvalue weighted by molar-refractivity contribution is -0.144. The minimum Gasteiger partial charge on any atom is -0.463 e. The lowest BCUT2D eigenvalue weighted by Gasteiger charge is -2.02. The molecule has 3 heteroatoms. The smallest absolute Gasteiger partial charge is 0.305 e. The van der Waals surface area contributed by atoms with Gasteiger partial charge in [0.25, 0.3) is 0 Å². The average molecular weight is 242 g/mol. The molecule has 0 rings (SSSR count). The summed E-state index contributed by atoms with van der Waals surface area (Å²) in [4.78, 5) is 11.1. The van der Waals surface area contributed by atoms with Crippen molar-refractivity contribution < 1.29 is 14.6 Å². The highest BCUT2D eigenvalue weighted by molar-refractivity contribution is 5.69. The molecule has 0 amide bonds. The van der Waals surface area contributed by atoms with Gasteiger partial charge in [0.15, 0.2) is 0 Å². The molecule has 0 spiro atoms. The molecule has 0 atom stereocenters. The van der Waals surface area contributed by atoms with Crippen LogP contribution in [0.4, 0.5) is 0 Å². The van der Waals surface area contributed by atoms with E-state index in [2.05, 4.69) is 19.1 Å². The molecule has 0 aromatic carbocycles. The van der Waals surface area contributed by atoms with E-state index in [-0.39, 0.29) is 19.2 Å². The Labute approximate surface area is 105 Å². The van der Waals surface area contributed by atoms with E-state index >= 15 is 0 Å². The van der Waals surface area contributed by atoms with Gasteiger partial charge < -0.3 is 9.84 Å². The third-order valence-electron chi connectivity index (χ3n) is 2.51. The molecule has 0 aliphatic carbocycles. The van der Waals surface area contributed by atoms with Crippen molar-refractivity contribution in [2.24, 2.45) is 0 Å². The number of aliphatic hydroxyl groups is 1. The lowest BCUT2D eigenvalue weighted by atomic mass is 10.1. The zero-order valence-corrected chi connectivity index (χ0v) is 11.0. The van der Waals surface area contributed by atoms with Crippen LogP contribution in [0.25, 0.3) is 0 Å². The van der Waals surface area contributed by atoms with Gasteiger partial charge in [-0.15, -0.1) is 0 Å². The van der Waals surface area contributed by atoms with Crippen LogP contribution in [0.2, 0.25) is 0 Å². The van der Waals surface area contributed by atoms with Crippen LogP contribution in [-0.4, -0.2) is 24.3 Å². The molecule has 0 heterocycles. The Morgan fingerprint density at radius 2 is 1.82 bits per heavy atom. The molecule has 3 nitrogen and oxygen atoms in total. The lowest BCUT2D eigenvalue weighted by Crippen LogP contribution is -2.07. The van der Waals surface area contributed by atoms with Crippen LogP contribution in [0.1, 0.15) is 58.3 Å². The predicted octanol–water partition coefficient (Wildman–Crippen LogP) is 3.22. The summed E-state index contributed by atoms with van der Waals surface area (Å²) in [5.74, 6) is -0.190. The Morgan fingerprint density at radius 1 is 1.12 bits per heavy atom. The molecule has 0 saturated carbocycles. The van der Waals surface area contributed by atoms with Gasteiger partial charge >= 0.3 is 5.97 Å². The van der Waals surface area contributed by atoms with Crippen LogP contribution in [0.3, 0.4) is 0 Å². The Kier molecular flexibility index (Phi) is 12.6. The Bertz CT molecular complexity index is 200. The molecule has 17 heavy (non-hydrogen) atoms. The van der Waals surface area contributed by atoms with Crippen molar-refractivity contribution in [1.82, 2.24) is 0 Å². The molecule has 0 aliphatic rings. The average Bonchev–Trinajstić information content (AvgIpc) is 2.34. The van der Waals surface area contributed by atoms with E-state index in [4.69, 9.17) is 9.84 Å². The highest BCUT2D eigenvalue weighted by atomic mass is 16.5. The number of hydrogen-bond donors (Lipinski definition) is 1. The Balaban J connectivity index is 3.12. The number of carbonyl (C=O) groups excluding carboxylic acids is 1.